The third-order valence-electron chi connectivity index (χ3n) is 4.72. The van der Waals surface area contributed by atoms with Crippen molar-refractivity contribution < 1.29 is 9.59 Å². The molecule has 116 valence electrons. The lowest BCUT2D eigenvalue weighted by atomic mass is 9.78. The molecule has 2 heterocycles. The fraction of sp³-hybridized carbons (Fsp3) is 0.278. The maximum atomic E-state index is 12.9. The van der Waals surface area contributed by atoms with Gasteiger partial charge in [0.1, 0.15) is 5.54 Å². The lowest BCUT2D eigenvalue weighted by Crippen LogP contribution is -2.51. The molecule has 1 aliphatic heterocycles. The molecule has 1 aromatic heterocycles. The Bertz CT molecular complexity index is 775. The van der Waals surface area contributed by atoms with E-state index in [0.29, 0.717) is 18.5 Å². The highest BCUT2D eigenvalue weighted by Gasteiger charge is 2.52. The second kappa shape index (κ2) is 5.19. The zero-order chi connectivity index (χ0) is 15.9. The van der Waals surface area contributed by atoms with Gasteiger partial charge >= 0.3 is 6.03 Å². The van der Waals surface area contributed by atoms with Crippen LogP contribution in [0.3, 0.4) is 0 Å². The Morgan fingerprint density at radius 1 is 1.09 bits per heavy atom. The van der Waals surface area contributed by atoms with E-state index in [2.05, 4.69) is 16.4 Å². The van der Waals surface area contributed by atoms with Gasteiger partial charge in [-0.25, -0.2) is 4.79 Å². The molecule has 1 N–H and O–H groups in total. The van der Waals surface area contributed by atoms with E-state index in [4.69, 9.17) is 0 Å². The first-order chi connectivity index (χ1) is 11.2. The summed E-state index contributed by atoms with van der Waals surface area (Å²) in [6.07, 6.45) is 3.68. The van der Waals surface area contributed by atoms with E-state index in [0.717, 1.165) is 12.0 Å². The smallest absolute Gasteiger partial charge is 0.323 e. The molecule has 0 unspecified atom stereocenters. The van der Waals surface area contributed by atoms with Crippen molar-refractivity contribution in [3.8, 4) is 0 Å². The summed E-state index contributed by atoms with van der Waals surface area (Å²) in [5, 5.41) is 2.94. The van der Waals surface area contributed by atoms with E-state index in [1.54, 1.807) is 6.20 Å². The molecule has 5 nitrogen and oxygen atoms in total. The topological polar surface area (TPSA) is 62.3 Å². The molecule has 0 radical (unpaired) electrons. The summed E-state index contributed by atoms with van der Waals surface area (Å²) in [5.41, 5.74) is 2.33. The first-order valence-electron chi connectivity index (χ1n) is 7.79. The summed E-state index contributed by atoms with van der Waals surface area (Å²) in [4.78, 5) is 30.8. The molecule has 0 saturated carbocycles. The molecule has 1 fully saturated rings. The maximum absolute atomic E-state index is 12.9. The molecule has 1 spiro atoms. The second-order valence-electron chi connectivity index (χ2n) is 6.17. The Kier molecular flexibility index (Phi) is 3.15. The van der Waals surface area contributed by atoms with E-state index in [-0.39, 0.29) is 18.5 Å². The molecule has 1 aliphatic carbocycles. The second-order valence-corrected chi connectivity index (χ2v) is 6.17. The van der Waals surface area contributed by atoms with Gasteiger partial charge in [0, 0.05) is 12.6 Å². The summed E-state index contributed by atoms with van der Waals surface area (Å²) < 4.78 is 0. The average Bonchev–Trinajstić information content (AvgIpc) is 2.80. The molecular weight excluding hydrogens is 290 g/mol. The highest BCUT2D eigenvalue weighted by molar-refractivity contribution is 6.07. The van der Waals surface area contributed by atoms with Gasteiger partial charge in [-0.05, 0) is 36.1 Å². The van der Waals surface area contributed by atoms with Crippen LogP contribution in [0, 0.1) is 0 Å². The van der Waals surface area contributed by atoms with Crippen molar-refractivity contribution in [1.82, 2.24) is 15.2 Å². The van der Waals surface area contributed by atoms with Crippen molar-refractivity contribution in [2.75, 3.05) is 0 Å². The Morgan fingerprint density at radius 2 is 1.87 bits per heavy atom. The molecule has 2 aromatic rings. The predicted molar refractivity (Wildman–Crippen MR) is 84.5 cm³/mol. The fourth-order valence-corrected chi connectivity index (χ4v) is 3.50. The van der Waals surface area contributed by atoms with Crippen LogP contribution >= 0.6 is 0 Å². The number of nitrogens with zero attached hydrogens (tertiary/aromatic N) is 2. The van der Waals surface area contributed by atoms with Gasteiger partial charge in [0.15, 0.2) is 0 Å². The van der Waals surface area contributed by atoms with E-state index in [1.807, 2.05) is 36.4 Å². The molecule has 0 bridgehead atoms. The van der Waals surface area contributed by atoms with Crippen LogP contribution in [0.4, 0.5) is 4.79 Å². The van der Waals surface area contributed by atoms with E-state index >= 15 is 0 Å². The summed E-state index contributed by atoms with van der Waals surface area (Å²) in [5.74, 6) is -0.136. The third kappa shape index (κ3) is 2.29. The largest absolute Gasteiger partial charge is 0.325 e. The van der Waals surface area contributed by atoms with Crippen molar-refractivity contribution in [2.45, 2.75) is 31.3 Å². The standard InChI is InChI=1S/C18H17N3O2/c22-16-18(9-8-13-5-1-2-6-14(13)11-18)20-17(23)21(16)12-15-7-3-4-10-19-15/h1-7,10H,8-9,11-12H2,(H,20,23)/t18-/m1/s1. The number of aromatic nitrogens is 1. The van der Waals surface area contributed by atoms with Crippen LogP contribution < -0.4 is 5.32 Å². The lowest BCUT2D eigenvalue weighted by molar-refractivity contribution is -0.132. The van der Waals surface area contributed by atoms with Gasteiger partial charge in [0.2, 0.25) is 0 Å². The Labute approximate surface area is 134 Å². The van der Waals surface area contributed by atoms with Crippen LogP contribution in [0.25, 0.3) is 0 Å². The first-order valence-corrected chi connectivity index (χ1v) is 7.79. The molecule has 3 amide bonds. The number of nitrogens with one attached hydrogen (secondary N) is 1. The molecule has 23 heavy (non-hydrogen) atoms. The van der Waals surface area contributed by atoms with Crippen molar-refractivity contribution in [3.63, 3.8) is 0 Å². The fourth-order valence-electron chi connectivity index (χ4n) is 3.50. The van der Waals surface area contributed by atoms with Gasteiger partial charge in [-0.3, -0.25) is 14.7 Å². The number of fused-ring (bicyclic) bond motifs is 1. The van der Waals surface area contributed by atoms with Crippen LogP contribution in [0.1, 0.15) is 23.2 Å². The predicted octanol–water partition coefficient (Wildman–Crippen LogP) is 2.06. The number of urea groups is 1. The molecule has 2 aliphatic rings. The summed E-state index contributed by atoms with van der Waals surface area (Å²) >= 11 is 0. The van der Waals surface area contributed by atoms with Gasteiger partial charge < -0.3 is 5.32 Å². The van der Waals surface area contributed by atoms with Gasteiger partial charge in [0.05, 0.1) is 12.2 Å². The van der Waals surface area contributed by atoms with Gasteiger partial charge in [0.25, 0.3) is 5.91 Å². The average molecular weight is 307 g/mol. The Balaban J connectivity index is 1.61. The van der Waals surface area contributed by atoms with Crippen molar-refractivity contribution in [2.24, 2.45) is 0 Å². The number of rotatable bonds is 2. The molecule has 5 heteroatoms. The normalized spacial score (nSPS) is 23.0. The van der Waals surface area contributed by atoms with Gasteiger partial charge in [-0.2, -0.15) is 0 Å². The third-order valence-corrected chi connectivity index (χ3v) is 4.72. The first kappa shape index (κ1) is 13.9. The summed E-state index contributed by atoms with van der Waals surface area (Å²) in [7, 11) is 0. The van der Waals surface area contributed by atoms with E-state index < -0.39 is 5.54 Å². The minimum absolute atomic E-state index is 0.136. The van der Waals surface area contributed by atoms with Gasteiger partial charge in [-0.1, -0.05) is 30.3 Å². The van der Waals surface area contributed by atoms with Crippen LogP contribution in [-0.2, 0) is 24.2 Å². The molecule has 1 aromatic carbocycles. The van der Waals surface area contributed by atoms with Gasteiger partial charge in [-0.15, -0.1) is 0 Å². The number of carbonyl (C=O) groups excluding carboxylic acids is 2. The van der Waals surface area contributed by atoms with Crippen molar-refractivity contribution in [1.29, 1.82) is 0 Å². The lowest BCUT2D eigenvalue weighted by Gasteiger charge is -2.32. The highest BCUT2D eigenvalue weighted by atomic mass is 16.2. The zero-order valence-electron chi connectivity index (χ0n) is 12.7. The number of imide groups is 1. The quantitative estimate of drug-likeness (QED) is 0.864. The van der Waals surface area contributed by atoms with Crippen molar-refractivity contribution >= 4 is 11.9 Å². The van der Waals surface area contributed by atoms with E-state index in [1.165, 1.54) is 10.5 Å². The van der Waals surface area contributed by atoms with Crippen molar-refractivity contribution in [3.05, 3.63) is 65.5 Å². The number of hydrogen-bond acceptors (Lipinski definition) is 3. The molecular formula is C18H17N3O2. The zero-order valence-corrected chi connectivity index (χ0v) is 12.7. The Hall–Kier alpha value is -2.69. The number of amides is 3. The SMILES string of the molecule is O=C1N[C@@]2(CCc3ccccc3C2)C(=O)N1Cc1ccccn1. The van der Waals surface area contributed by atoms with Crippen LogP contribution in [0.2, 0.25) is 0 Å². The van der Waals surface area contributed by atoms with Crippen LogP contribution in [0.5, 0.6) is 0 Å². The monoisotopic (exact) mass is 307 g/mol. The number of carbonyl (C=O) groups is 2. The minimum Gasteiger partial charge on any atom is -0.323 e. The highest BCUT2D eigenvalue weighted by Crippen LogP contribution is 2.33. The number of aryl methyl sites for hydroxylation is 1. The van der Waals surface area contributed by atoms with E-state index in [9.17, 15) is 9.59 Å². The number of benzene rings is 1. The van der Waals surface area contributed by atoms with Crippen LogP contribution in [0.15, 0.2) is 48.7 Å². The maximum Gasteiger partial charge on any atom is 0.325 e. The van der Waals surface area contributed by atoms with Crippen LogP contribution in [-0.4, -0.2) is 27.4 Å². The molecule has 1 atom stereocenters. The Morgan fingerprint density at radius 3 is 2.65 bits per heavy atom. The minimum atomic E-state index is -0.791. The number of pyridine rings is 1. The molecule has 4 rings (SSSR count). The molecule has 1 saturated heterocycles. The summed E-state index contributed by atoms with van der Waals surface area (Å²) in [6.45, 7) is 0.217. The number of hydrogen-bond donors (Lipinski definition) is 1. The summed E-state index contributed by atoms with van der Waals surface area (Å²) in [6, 6.07) is 13.3.